The third kappa shape index (κ3) is 2.25. The normalized spacial score (nSPS) is 9.61. The molecule has 3 nitrogen and oxygen atoms in total. The molecule has 0 aromatic heterocycles. The summed E-state index contributed by atoms with van der Waals surface area (Å²) in [5.41, 5.74) is 1.09. The van der Waals surface area contributed by atoms with Crippen LogP contribution < -0.4 is 10.1 Å². The minimum absolute atomic E-state index is 0.0107. The van der Waals surface area contributed by atoms with Gasteiger partial charge in [-0.2, -0.15) is 5.26 Å². The summed E-state index contributed by atoms with van der Waals surface area (Å²) >= 11 is 0. The standard InChI is InChI=1S/C14H11FN2O/c1-18-14-8-3-2-6-13(14)17-12-7-4-5-11(15)10(12)9-16/h2-8,17H,1H3. The Hall–Kier alpha value is -2.54. The van der Waals surface area contributed by atoms with Crippen molar-refractivity contribution in [3.05, 3.63) is 53.8 Å². The molecule has 2 aromatic rings. The number of nitriles is 1. The topological polar surface area (TPSA) is 45.0 Å². The lowest BCUT2D eigenvalue weighted by Gasteiger charge is -2.12. The van der Waals surface area contributed by atoms with Gasteiger partial charge in [-0.3, -0.25) is 0 Å². The molecule has 0 spiro atoms. The molecule has 4 heteroatoms. The van der Waals surface area contributed by atoms with Crippen molar-refractivity contribution in [3.8, 4) is 11.8 Å². The van der Waals surface area contributed by atoms with Gasteiger partial charge in [-0.05, 0) is 24.3 Å². The molecular weight excluding hydrogens is 231 g/mol. The molecule has 2 rings (SSSR count). The van der Waals surface area contributed by atoms with E-state index >= 15 is 0 Å². The van der Waals surface area contributed by atoms with Gasteiger partial charge < -0.3 is 10.1 Å². The lowest BCUT2D eigenvalue weighted by Crippen LogP contribution is -1.98. The second kappa shape index (κ2) is 5.19. The average Bonchev–Trinajstić information content (AvgIpc) is 2.40. The van der Waals surface area contributed by atoms with Crippen molar-refractivity contribution < 1.29 is 9.13 Å². The summed E-state index contributed by atoms with van der Waals surface area (Å²) in [5, 5.41) is 11.9. The maximum absolute atomic E-state index is 13.4. The maximum Gasteiger partial charge on any atom is 0.143 e. The summed E-state index contributed by atoms with van der Waals surface area (Å²) in [6.07, 6.45) is 0. The Morgan fingerprint density at radius 3 is 2.56 bits per heavy atom. The number of halogens is 1. The van der Waals surface area contributed by atoms with Crippen LogP contribution in [-0.2, 0) is 0 Å². The summed E-state index contributed by atoms with van der Waals surface area (Å²) in [5.74, 6) is 0.0862. The van der Waals surface area contributed by atoms with Crippen LogP contribution in [0.25, 0.3) is 0 Å². The molecule has 0 bridgehead atoms. The zero-order valence-electron chi connectivity index (χ0n) is 9.77. The van der Waals surface area contributed by atoms with Crippen LogP contribution in [-0.4, -0.2) is 7.11 Å². The molecule has 0 aliphatic heterocycles. The highest BCUT2D eigenvalue weighted by Crippen LogP contribution is 2.29. The minimum Gasteiger partial charge on any atom is -0.495 e. The van der Waals surface area contributed by atoms with Crippen LogP contribution >= 0.6 is 0 Å². The van der Waals surface area contributed by atoms with Gasteiger partial charge >= 0.3 is 0 Å². The van der Waals surface area contributed by atoms with Gasteiger partial charge in [0.25, 0.3) is 0 Å². The molecule has 0 heterocycles. The molecule has 0 saturated heterocycles. The van der Waals surface area contributed by atoms with E-state index in [0.29, 0.717) is 17.1 Å². The molecule has 2 aromatic carbocycles. The maximum atomic E-state index is 13.4. The average molecular weight is 242 g/mol. The molecule has 0 aliphatic carbocycles. The Balaban J connectivity index is 2.41. The van der Waals surface area contributed by atoms with Gasteiger partial charge in [0.2, 0.25) is 0 Å². The van der Waals surface area contributed by atoms with Crippen LogP contribution in [0.3, 0.4) is 0 Å². The van der Waals surface area contributed by atoms with E-state index in [1.54, 1.807) is 31.4 Å². The Morgan fingerprint density at radius 1 is 1.11 bits per heavy atom. The summed E-state index contributed by atoms with van der Waals surface area (Å²) in [4.78, 5) is 0. The van der Waals surface area contributed by atoms with E-state index < -0.39 is 5.82 Å². The lowest BCUT2D eigenvalue weighted by atomic mass is 10.1. The van der Waals surface area contributed by atoms with Crippen LogP contribution in [0.1, 0.15) is 5.56 Å². The Labute approximate surface area is 104 Å². The monoisotopic (exact) mass is 242 g/mol. The van der Waals surface area contributed by atoms with Crippen molar-refractivity contribution in [1.82, 2.24) is 0 Å². The van der Waals surface area contributed by atoms with Crippen LogP contribution in [0.2, 0.25) is 0 Å². The molecule has 0 aliphatic rings. The van der Waals surface area contributed by atoms with Crippen molar-refractivity contribution in [2.75, 3.05) is 12.4 Å². The fraction of sp³-hybridized carbons (Fsp3) is 0.0714. The predicted octanol–water partition coefficient (Wildman–Crippen LogP) is 3.45. The van der Waals surface area contributed by atoms with E-state index in [4.69, 9.17) is 10.00 Å². The van der Waals surface area contributed by atoms with Gasteiger partial charge in [-0.25, -0.2) is 4.39 Å². The Kier molecular flexibility index (Phi) is 3.44. The highest BCUT2D eigenvalue weighted by Gasteiger charge is 2.09. The van der Waals surface area contributed by atoms with Gasteiger partial charge in [-0.1, -0.05) is 18.2 Å². The minimum atomic E-state index is -0.544. The summed E-state index contributed by atoms with van der Waals surface area (Å²) in [6, 6.07) is 13.5. The Morgan fingerprint density at radius 2 is 1.83 bits per heavy atom. The molecule has 0 atom stereocenters. The molecule has 0 saturated carbocycles. The lowest BCUT2D eigenvalue weighted by molar-refractivity contribution is 0.417. The quantitative estimate of drug-likeness (QED) is 0.896. The van der Waals surface area contributed by atoms with E-state index in [1.807, 2.05) is 18.2 Å². The number of ether oxygens (including phenoxy) is 1. The Bertz CT molecular complexity index is 605. The van der Waals surface area contributed by atoms with Crippen LogP contribution in [0, 0.1) is 17.1 Å². The highest BCUT2D eigenvalue weighted by molar-refractivity contribution is 5.70. The van der Waals surface area contributed by atoms with Crippen molar-refractivity contribution in [2.45, 2.75) is 0 Å². The second-order valence-corrected chi connectivity index (χ2v) is 3.60. The SMILES string of the molecule is COc1ccccc1Nc1cccc(F)c1C#N. The van der Waals surface area contributed by atoms with Crippen LogP contribution in [0.4, 0.5) is 15.8 Å². The van der Waals surface area contributed by atoms with Gasteiger partial charge in [0, 0.05) is 0 Å². The van der Waals surface area contributed by atoms with E-state index in [9.17, 15) is 4.39 Å². The molecular formula is C14H11FN2O. The summed E-state index contributed by atoms with van der Waals surface area (Å²) < 4.78 is 18.6. The number of hydrogen-bond donors (Lipinski definition) is 1. The fourth-order valence-corrected chi connectivity index (χ4v) is 1.63. The number of para-hydroxylation sites is 2. The number of hydrogen-bond acceptors (Lipinski definition) is 3. The van der Waals surface area contributed by atoms with E-state index in [0.717, 1.165) is 0 Å². The first-order valence-corrected chi connectivity index (χ1v) is 5.35. The summed E-state index contributed by atoms with van der Waals surface area (Å²) in [7, 11) is 1.55. The van der Waals surface area contributed by atoms with Crippen molar-refractivity contribution in [2.24, 2.45) is 0 Å². The van der Waals surface area contributed by atoms with Crippen molar-refractivity contribution >= 4 is 11.4 Å². The molecule has 1 N–H and O–H groups in total. The van der Waals surface area contributed by atoms with Gasteiger partial charge in [0.05, 0.1) is 18.5 Å². The van der Waals surface area contributed by atoms with Crippen molar-refractivity contribution in [3.63, 3.8) is 0 Å². The van der Waals surface area contributed by atoms with Gasteiger partial charge in [0.1, 0.15) is 23.2 Å². The van der Waals surface area contributed by atoms with Crippen molar-refractivity contribution in [1.29, 1.82) is 5.26 Å². The number of nitrogens with one attached hydrogen (secondary N) is 1. The second-order valence-electron chi connectivity index (χ2n) is 3.60. The van der Waals surface area contributed by atoms with Crippen LogP contribution in [0.5, 0.6) is 5.75 Å². The van der Waals surface area contributed by atoms with E-state index in [1.165, 1.54) is 6.07 Å². The molecule has 0 amide bonds. The van der Waals surface area contributed by atoms with E-state index in [-0.39, 0.29) is 5.56 Å². The van der Waals surface area contributed by atoms with Gasteiger partial charge in [0.15, 0.2) is 0 Å². The van der Waals surface area contributed by atoms with Gasteiger partial charge in [-0.15, -0.1) is 0 Å². The number of rotatable bonds is 3. The molecule has 0 unspecified atom stereocenters. The number of anilines is 2. The zero-order valence-corrected chi connectivity index (χ0v) is 9.77. The fourth-order valence-electron chi connectivity index (χ4n) is 1.63. The smallest absolute Gasteiger partial charge is 0.143 e. The third-order valence-electron chi connectivity index (χ3n) is 2.50. The first kappa shape index (κ1) is 11.9. The first-order chi connectivity index (χ1) is 8.76. The molecule has 90 valence electrons. The summed E-state index contributed by atoms with van der Waals surface area (Å²) in [6.45, 7) is 0. The number of methoxy groups -OCH3 is 1. The van der Waals surface area contributed by atoms with E-state index in [2.05, 4.69) is 5.32 Å². The number of nitrogens with zero attached hydrogens (tertiary/aromatic N) is 1. The largest absolute Gasteiger partial charge is 0.495 e. The predicted molar refractivity (Wildman–Crippen MR) is 67.4 cm³/mol. The molecule has 0 radical (unpaired) electrons. The highest BCUT2D eigenvalue weighted by atomic mass is 19.1. The molecule has 18 heavy (non-hydrogen) atoms. The first-order valence-electron chi connectivity index (χ1n) is 5.35. The molecule has 0 fully saturated rings. The zero-order chi connectivity index (χ0) is 13.0. The van der Waals surface area contributed by atoms with Crippen LogP contribution in [0.15, 0.2) is 42.5 Å². The number of benzene rings is 2. The third-order valence-corrected chi connectivity index (χ3v) is 2.50.